The van der Waals surface area contributed by atoms with Crippen LogP contribution in [-0.4, -0.2) is 37.5 Å². The molecule has 1 saturated heterocycles. The van der Waals surface area contributed by atoms with E-state index in [0.29, 0.717) is 11.4 Å². The van der Waals surface area contributed by atoms with Crippen LogP contribution in [-0.2, 0) is 4.79 Å². The molecular weight excluding hydrogens is 233 g/mol. The fourth-order valence-corrected chi connectivity index (χ4v) is 2.23. The van der Waals surface area contributed by atoms with E-state index in [-0.39, 0.29) is 18.3 Å². The second-order valence-corrected chi connectivity index (χ2v) is 4.65. The quantitative estimate of drug-likeness (QED) is 0.828. The third-order valence-electron chi connectivity index (χ3n) is 3.23. The molecule has 0 unspecified atom stereocenters. The average Bonchev–Trinajstić information content (AvgIpc) is 2.81. The van der Waals surface area contributed by atoms with Gasteiger partial charge in [-0.3, -0.25) is 4.79 Å². The molecule has 1 aromatic rings. The summed E-state index contributed by atoms with van der Waals surface area (Å²) in [4.78, 5) is 15.6. The number of hydrogen-bond donors (Lipinski definition) is 1. The number of amides is 1. The summed E-state index contributed by atoms with van der Waals surface area (Å²) >= 11 is 0. The van der Waals surface area contributed by atoms with E-state index < -0.39 is 0 Å². The molecule has 1 amide bonds. The minimum Gasteiger partial charge on any atom is -0.397 e. The van der Waals surface area contributed by atoms with Crippen molar-refractivity contribution < 1.29 is 9.18 Å². The molecule has 1 heterocycles. The predicted molar refractivity (Wildman–Crippen MR) is 69.9 cm³/mol. The van der Waals surface area contributed by atoms with Gasteiger partial charge in [-0.05, 0) is 31.0 Å². The van der Waals surface area contributed by atoms with Gasteiger partial charge in [-0.15, -0.1) is 0 Å². The lowest BCUT2D eigenvalue weighted by molar-refractivity contribution is -0.128. The first-order chi connectivity index (χ1) is 8.58. The summed E-state index contributed by atoms with van der Waals surface area (Å²) in [7, 11) is 1.79. The lowest BCUT2D eigenvalue weighted by Gasteiger charge is -2.23. The van der Waals surface area contributed by atoms with Gasteiger partial charge in [0.2, 0.25) is 5.91 Å². The van der Waals surface area contributed by atoms with Gasteiger partial charge in [0.15, 0.2) is 0 Å². The molecule has 98 valence electrons. The average molecular weight is 251 g/mol. The molecule has 2 rings (SSSR count). The molecule has 0 aliphatic carbocycles. The van der Waals surface area contributed by atoms with Crippen LogP contribution in [0.5, 0.6) is 0 Å². The van der Waals surface area contributed by atoms with Gasteiger partial charge in [0, 0.05) is 20.1 Å². The van der Waals surface area contributed by atoms with Crippen LogP contribution in [0.25, 0.3) is 0 Å². The lowest BCUT2D eigenvalue weighted by atomic mass is 10.2. The zero-order valence-corrected chi connectivity index (χ0v) is 10.5. The molecule has 0 spiro atoms. The molecular formula is C13H18FN3O. The Labute approximate surface area is 106 Å². The number of likely N-dealkylation sites (N-methyl/N-ethyl adjacent to an activating group) is 1. The van der Waals surface area contributed by atoms with E-state index in [1.807, 2.05) is 4.90 Å². The van der Waals surface area contributed by atoms with Crippen molar-refractivity contribution in [1.82, 2.24) is 4.90 Å². The SMILES string of the molecule is CN(CC(=O)N1CCCC1)c1ccc(F)cc1N. The van der Waals surface area contributed by atoms with Crippen molar-refractivity contribution in [2.45, 2.75) is 12.8 Å². The molecule has 0 aromatic heterocycles. The number of nitrogen functional groups attached to an aromatic ring is 1. The fourth-order valence-electron chi connectivity index (χ4n) is 2.23. The monoisotopic (exact) mass is 251 g/mol. The van der Waals surface area contributed by atoms with Gasteiger partial charge in [0.05, 0.1) is 17.9 Å². The number of carbonyl (C=O) groups excluding carboxylic acids is 1. The second-order valence-electron chi connectivity index (χ2n) is 4.65. The predicted octanol–water partition coefficient (Wildman–Crippen LogP) is 1.47. The van der Waals surface area contributed by atoms with Gasteiger partial charge in [-0.1, -0.05) is 0 Å². The Hall–Kier alpha value is -1.78. The number of likely N-dealkylation sites (tertiary alicyclic amines) is 1. The van der Waals surface area contributed by atoms with Crippen molar-refractivity contribution in [3.63, 3.8) is 0 Å². The van der Waals surface area contributed by atoms with Crippen LogP contribution >= 0.6 is 0 Å². The zero-order valence-electron chi connectivity index (χ0n) is 10.5. The van der Waals surface area contributed by atoms with E-state index >= 15 is 0 Å². The number of rotatable bonds is 3. The Morgan fingerprint density at radius 3 is 2.72 bits per heavy atom. The van der Waals surface area contributed by atoms with Crippen LogP contribution in [0.4, 0.5) is 15.8 Å². The maximum Gasteiger partial charge on any atom is 0.242 e. The number of carbonyl (C=O) groups is 1. The third kappa shape index (κ3) is 2.72. The van der Waals surface area contributed by atoms with Crippen molar-refractivity contribution in [2.75, 3.05) is 37.3 Å². The number of hydrogen-bond acceptors (Lipinski definition) is 3. The molecule has 1 aliphatic rings. The first-order valence-electron chi connectivity index (χ1n) is 6.12. The van der Waals surface area contributed by atoms with E-state index in [1.165, 1.54) is 12.1 Å². The molecule has 4 nitrogen and oxygen atoms in total. The Morgan fingerprint density at radius 2 is 2.11 bits per heavy atom. The van der Waals surface area contributed by atoms with Gasteiger partial charge in [0.25, 0.3) is 0 Å². The van der Waals surface area contributed by atoms with Crippen LogP contribution in [0.2, 0.25) is 0 Å². The molecule has 0 bridgehead atoms. The molecule has 1 fully saturated rings. The number of nitrogens with two attached hydrogens (primary N) is 1. The van der Waals surface area contributed by atoms with Gasteiger partial charge in [-0.25, -0.2) is 4.39 Å². The molecule has 18 heavy (non-hydrogen) atoms. The Bertz CT molecular complexity index is 444. The maximum atomic E-state index is 12.9. The van der Waals surface area contributed by atoms with Crippen LogP contribution in [0, 0.1) is 5.82 Å². The standard InChI is InChI=1S/C13H18FN3O/c1-16(9-13(18)17-6-2-3-7-17)12-5-4-10(14)8-11(12)15/h4-5,8H,2-3,6-7,9,15H2,1H3. The topological polar surface area (TPSA) is 49.6 Å². The van der Waals surface area contributed by atoms with Crippen LogP contribution in [0.15, 0.2) is 18.2 Å². The fraction of sp³-hybridized carbons (Fsp3) is 0.462. The minimum absolute atomic E-state index is 0.0960. The molecule has 1 aromatic carbocycles. The van der Waals surface area contributed by atoms with Gasteiger partial charge in [0.1, 0.15) is 5.82 Å². The zero-order chi connectivity index (χ0) is 13.1. The highest BCUT2D eigenvalue weighted by Gasteiger charge is 2.19. The van der Waals surface area contributed by atoms with E-state index in [1.54, 1.807) is 18.0 Å². The Balaban J connectivity index is 2.02. The summed E-state index contributed by atoms with van der Waals surface area (Å²) in [6, 6.07) is 4.22. The van der Waals surface area contributed by atoms with Crippen molar-refractivity contribution in [3.8, 4) is 0 Å². The molecule has 5 heteroatoms. The number of nitrogens with zero attached hydrogens (tertiary/aromatic N) is 2. The van der Waals surface area contributed by atoms with Gasteiger partial charge < -0.3 is 15.5 Å². The van der Waals surface area contributed by atoms with E-state index in [4.69, 9.17) is 5.73 Å². The molecule has 0 radical (unpaired) electrons. The first kappa shape index (κ1) is 12.7. The second kappa shape index (κ2) is 5.25. The smallest absolute Gasteiger partial charge is 0.242 e. The van der Waals surface area contributed by atoms with Crippen molar-refractivity contribution in [1.29, 1.82) is 0 Å². The Kier molecular flexibility index (Phi) is 3.69. The van der Waals surface area contributed by atoms with Crippen molar-refractivity contribution in [3.05, 3.63) is 24.0 Å². The summed E-state index contributed by atoms with van der Waals surface area (Å²) in [5.74, 6) is -0.269. The summed E-state index contributed by atoms with van der Waals surface area (Å²) in [6.07, 6.45) is 2.16. The normalized spacial score (nSPS) is 14.9. The number of anilines is 2. The summed E-state index contributed by atoms with van der Waals surface area (Å²) in [6.45, 7) is 1.95. The summed E-state index contributed by atoms with van der Waals surface area (Å²) < 4.78 is 12.9. The molecule has 2 N–H and O–H groups in total. The van der Waals surface area contributed by atoms with Crippen molar-refractivity contribution in [2.24, 2.45) is 0 Å². The highest BCUT2D eigenvalue weighted by Crippen LogP contribution is 2.22. The largest absolute Gasteiger partial charge is 0.397 e. The molecule has 0 atom stereocenters. The maximum absolute atomic E-state index is 12.9. The van der Waals surface area contributed by atoms with Crippen LogP contribution in [0.1, 0.15) is 12.8 Å². The minimum atomic E-state index is -0.365. The van der Waals surface area contributed by atoms with Crippen LogP contribution < -0.4 is 10.6 Å². The summed E-state index contributed by atoms with van der Waals surface area (Å²) in [5, 5.41) is 0. The van der Waals surface area contributed by atoms with Crippen molar-refractivity contribution >= 4 is 17.3 Å². The lowest BCUT2D eigenvalue weighted by Crippen LogP contribution is -2.37. The van der Waals surface area contributed by atoms with Gasteiger partial charge >= 0.3 is 0 Å². The number of benzene rings is 1. The van der Waals surface area contributed by atoms with Gasteiger partial charge in [-0.2, -0.15) is 0 Å². The first-order valence-corrected chi connectivity index (χ1v) is 6.12. The van der Waals surface area contributed by atoms with E-state index in [2.05, 4.69) is 0 Å². The molecule has 1 aliphatic heterocycles. The Morgan fingerprint density at radius 1 is 1.44 bits per heavy atom. The summed E-state index contributed by atoms with van der Waals surface area (Å²) in [5.41, 5.74) is 6.78. The molecule has 0 saturated carbocycles. The highest BCUT2D eigenvalue weighted by atomic mass is 19.1. The highest BCUT2D eigenvalue weighted by molar-refractivity contribution is 5.83. The van der Waals surface area contributed by atoms with Crippen LogP contribution in [0.3, 0.4) is 0 Å². The number of halogens is 1. The third-order valence-corrected chi connectivity index (χ3v) is 3.23. The van der Waals surface area contributed by atoms with E-state index in [9.17, 15) is 9.18 Å². The van der Waals surface area contributed by atoms with E-state index in [0.717, 1.165) is 25.9 Å².